The van der Waals surface area contributed by atoms with Gasteiger partial charge >= 0.3 is 5.97 Å². The summed E-state index contributed by atoms with van der Waals surface area (Å²) in [6, 6.07) is 7.47. The van der Waals surface area contributed by atoms with Gasteiger partial charge in [-0.25, -0.2) is 14.8 Å². The monoisotopic (exact) mass is 502 g/mol. The third kappa shape index (κ3) is 7.45. The summed E-state index contributed by atoms with van der Waals surface area (Å²) >= 11 is 1.69. The van der Waals surface area contributed by atoms with Gasteiger partial charge in [-0.15, -0.1) is 35.3 Å². The number of nitrogens with one attached hydrogen (secondary N) is 2. The molecule has 0 saturated carbocycles. The predicted octanol–water partition coefficient (Wildman–Crippen LogP) is 3.46. The molecule has 0 aliphatic carbocycles. The van der Waals surface area contributed by atoms with Crippen LogP contribution < -0.4 is 10.6 Å². The first-order chi connectivity index (χ1) is 12.5. The van der Waals surface area contributed by atoms with Gasteiger partial charge in [0.15, 0.2) is 5.96 Å². The highest BCUT2D eigenvalue weighted by Crippen LogP contribution is 2.17. The molecule has 2 N–H and O–H groups in total. The molecule has 0 unspecified atom stereocenters. The zero-order valence-corrected chi connectivity index (χ0v) is 19.3. The Morgan fingerprint density at radius 1 is 1.22 bits per heavy atom. The second-order valence-corrected chi connectivity index (χ2v) is 7.09. The van der Waals surface area contributed by atoms with Crippen LogP contribution in [-0.2, 0) is 17.7 Å². The number of hydrogen-bond acceptors (Lipinski definition) is 5. The van der Waals surface area contributed by atoms with E-state index < -0.39 is 0 Å². The van der Waals surface area contributed by atoms with Crippen LogP contribution in [-0.4, -0.2) is 37.1 Å². The van der Waals surface area contributed by atoms with Crippen molar-refractivity contribution in [3.63, 3.8) is 0 Å². The van der Waals surface area contributed by atoms with Gasteiger partial charge in [0.1, 0.15) is 0 Å². The lowest BCUT2D eigenvalue weighted by molar-refractivity contribution is 0.0600. The summed E-state index contributed by atoms with van der Waals surface area (Å²) in [5.74, 6) is 0.481. The number of hydrogen-bond donors (Lipinski definition) is 2. The molecule has 148 valence electrons. The Morgan fingerprint density at radius 3 is 2.48 bits per heavy atom. The Hall–Kier alpha value is -1.68. The van der Waals surface area contributed by atoms with Gasteiger partial charge in [-0.3, -0.25) is 0 Å². The number of carbonyl (C=O) groups excluding carboxylic acids is 1. The summed E-state index contributed by atoms with van der Waals surface area (Å²) in [4.78, 5) is 21.7. The highest BCUT2D eigenvalue weighted by molar-refractivity contribution is 14.0. The number of carbonyl (C=O) groups is 1. The number of halogens is 1. The molecule has 2 rings (SSSR count). The predicted molar refractivity (Wildman–Crippen MR) is 121 cm³/mol. The lowest BCUT2D eigenvalue weighted by Gasteiger charge is -2.11. The minimum absolute atomic E-state index is 0. The van der Waals surface area contributed by atoms with Crippen molar-refractivity contribution < 1.29 is 9.53 Å². The number of guanidine groups is 1. The number of aliphatic imine (C=N–C) groups is 1. The number of esters is 1. The van der Waals surface area contributed by atoms with Crippen molar-refractivity contribution in [2.75, 3.05) is 20.2 Å². The molecule has 1 aromatic carbocycles. The van der Waals surface area contributed by atoms with E-state index in [0.29, 0.717) is 12.1 Å². The Morgan fingerprint density at radius 2 is 1.93 bits per heavy atom. The summed E-state index contributed by atoms with van der Waals surface area (Å²) in [6.07, 6.45) is 0.838. The Balaban J connectivity index is 0.00000364. The van der Waals surface area contributed by atoms with Crippen molar-refractivity contribution >= 4 is 47.2 Å². The molecule has 8 heteroatoms. The van der Waals surface area contributed by atoms with E-state index in [1.54, 1.807) is 23.5 Å². The summed E-state index contributed by atoms with van der Waals surface area (Å²) < 4.78 is 4.71. The lowest BCUT2D eigenvalue weighted by atomic mass is 10.1. The maximum absolute atomic E-state index is 11.5. The number of ether oxygens (including phenoxy) is 1. The smallest absolute Gasteiger partial charge is 0.337 e. The van der Waals surface area contributed by atoms with E-state index in [2.05, 4.69) is 20.6 Å². The molecule has 0 radical (unpaired) electrons. The van der Waals surface area contributed by atoms with E-state index in [4.69, 9.17) is 4.74 Å². The van der Waals surface area contributed by atoms with Crippen LogP contribution in [0.3, 0.4) is 0 Å². The zero-order chi connectivity index (χ0) is 18.9. The van der Waals surface area contributed by atoms with Gasteiger partial charge < -0.3 is 15.4 Å². The van der Waals surface area contributed by atoms with Crippen molar-refractivity contribution in [1.82, 2.24) is 15.6 Å². The average molecular weight is 502 g/mol. The van der Waals surface area contributed by atoms with Crippen molar-refractivity contribution in [2.24, 2.45) is 4.99 Å². The maximum Gasteiger partial charge on any atom is 0.337 e. The molecule has 0 saturated heterocycles. The topological polar surface area (TPSA) is 75.6 Å². The highest BCUT2D eigenvalue weighted by atomic mass is 127. The van der Waals surface area contributed by atoms with Crippen LogP contribution in [0.5, 0.6) is 0 Å². The third-order valence-corrected chi connectivity index (χ3v) is 4.86. The van der Waals surface area contributed by atoms with E-state index in [-0.39, 0.29) is 29.9 Å². The third-order valence-electron chi connectivity index (χ3n) is 3.81. The minimum atomic E-state index is -0.315. The summed E-state index contributed by atoms with van der Waals surface area (Å²) in [5, 5.41) is 7.68. The lowest BCUT2D eigenvalue weighted by Crippen LogP contribution is -2.38. The van der Waals surface area contributed by atoms with Crippen molar-refractivity contribution in [3.05, 3.63) is 51.0 Å². The molecule has 1 heterocycles. The first kappa shape index (κ1) is 23.4. The van der Waals surface area contributed by atoms with Crippen molar-refractivity contribution in [3.8, 4) is 0 Å². The fraction of sp³-hybridized carbons (Fsp3) is 0.421. The molecule has 0 amide bonds. The number of thiazole rings is 1. The van der Waals surface area contributed by atoms with E-state index in [1.165, 1.54) is 12.0 Å². The Bertz CT molecular complexity index is 760. The average Bonchev–Trinajstić information content (AvgIpc) is 2.96. The molecule has 0 fully saturated rings. The number of methoxy groups -OCH3 is 1. The molecule has 2 aromatic rings. The Kier molecular flexibility index (Phi) is 10.3. The van der Waals surface area contributed by atoms with Crippen LogP contribution in [0.25, 0.3) is 0 Å². The summed E-state index contributed by atoms with van der Waals surface area (Å²) in [5.41, 5.74) is 2.77. The van der Waals surface area contributed by atoms with Crippen LogP contribution in [0.1, 0.15) is 38.4 Å². The number of aromatic nitrogens is 1. The second kappa shape index (κ2) is 11.9. The van der Waals surface area contributed by atoms with Crippen LogP contribution in [0, 0.1) is 13.8 Å². The molecule has 27 heavy (non-hydrogen) atoms. The normalized spacial score (nSPS) is 10.9. The van der Waals surface area contributed by atoms with Gasteiger partial charge in [0.05, 0.1) is 29.9 Å². The summed E-state index contributed by atoms with van der Waals surface area (Å²) in [6.45, 7) is 8.27. The minimum Gasteiger partial charge on any atom is -0.465 e. The maximum atomic E-state index is 11.5. The molecule has 0 aliphatic heterocycles. The SMILES string of the molecule is CCNC(=NCc1sc(C)nc1C)NCCc1ccc(C(=O)OC)cc1.I. The van der Waals surface area contributed by atoms with Gasteiger partial charge in [0, 0.05) is 18.0 Å². The fourth-order valence-corrected chi connectivity index (χ4v) is 3.32. The Labute approximate surface area is 181 Å². The first-order valence-corrected chi connectivity index (χ1v) is 9.47. The fourth-order valence-electron chi connectivity index (χ4n) is 2.46. The van der Waals surface area contributed by atoms with Gasteiger partial charge in [-0.2, -0.15) is 0 Å². The molecule has 1 aromatic heterocycles. The molecular formula is C19H27IN4O2S. The van der Waals surface area contributed by atoms with Crippen molar-refractivity contribution in [1.29, 1.82) is 0 Å². The highest BCUT2D eigenvalue weighted by Gasteiger charge is 2.06. The molecule has 0 aliphatic rings. The van der Waals surface area contributed by atoms with Crippen molar-refractivity contribution in [2.45, 2.75) is 33.7 Å². The van der Waals surface area contributed by atoms with Gasteiger partial charge in [0.2, 0.25) is 0 Å². The number of aryl methyl sites for hydroxylation is 2. The largest absolute Gasteiger partial charge is 0.465 e. The standard InChI is InChI=1S/C19H26N4O2S.HI/c1-5-20-19(22-12-17-13(2)23-14(3)26-17)21-11-10-15-6-8-16(9-7-15)18(24)25-4;/h6-9H,5,10-12H2,1-4H3,(H2,20,21,22);1H. The molecule has 0 spiro atoms. The van der Waals surface area contributed by atoms with Gasteiger partial charge in [-0.1, -0.05) is 12.1 Å². The van der Waals surface area contributed by atoms with E-state index in [9.17, 15) is 4.79 Å². The number of benzene rings is 1. The second-order valence-electron chi connectivity index (χ2n) is 5.80. The number of nitrogens with zero attached hydrogens (tertiary/aromatic N) is 2. The van der Waals surface area contributed by atoms with Crippen LogP contribution in [0.15, 0.2) is 29.3 Å². The first-order valence-electron chi connectivity index (χ1n) is 8.65. The van der Waals surface area contributed by atoms with Crippen LogP contribution >= 0.6 is 35.3 Å². The molecule has 0 bridgehead atoms. The van der Waals surface area contributed by atoms with Gasteiger partial charge in [-0.05, 0) is 44.9 Å². The van der Waals surface area contributed by atoms with E-state index in [0.717, 1.165) is 41.7 Å². The van der Waals surface area contributed by atoms with Crippen LogP contribution in [0.4, 0.5) is 0 Å². The molecule has 0 atom stereocenters. The molecular weight excluding hydrogens is 475 g/mol. The zero-order valence-electron chi connectivity index (χ0n) is 16.2. The van der Waals surface area contributed by atoms with Gasteiger partial charge in [0.25, 0.3) is 0 Å². The number of rotatable bonds is 7. The van der Waals surface area contributed by atoms with E-state index >= 15 is 0 Å². The van der Waals surface area contributed by atoms with Crippen LogP contribution in [0.2, 0.25) is 0 Å². The van der Waals surface area contributed by atoms with E-state index in [1.807, 2.05) is 32.9 Å². The quantitative estimate of drug-likeness (QED) is 0.263. The summed E-state index contributed by atoms with van der Waals surface area (Å²) in [7, 11) is 1.39. The molecule has 6 nitrogen and oxygen atoms in total.